The van der Waals surface area contributed by atoms with E-state index >= 15 is 0 Å². The van der Waals surface area contributed by atoms with E-state index in [0.29, 0.717) is 31.9 Å². The molecule has 0 spiro atoms. The van der Waals surface area contributed by atoms with Gasteiger partial charge in [-0.25, -0.2) is 4.39 Å². The molecule has 1 heterocycles. The normalized spacial score (nSPS) is 16.9. The second kappa shape index (κ2) is 6.17. The summed E-state index contributed by atoms with van der Waals surface area (Å²) in [5.74, 6) is -0.723. The molecule has 1 amide bonds. The molecule has 2 N–H and O–H groups in total. The highest BCUT2D eigenvalue weighted by Gasteiger charge is 2.26. The van der Waals surface area contributed by atoms with E-state index in [9.17, 15) is 9.18 Å². The summed E-state index contributed by atoms with van der Waals surface area (Å²) >= 11 is 4.85. The monoisotopic (exact) mass is 295 g/mol. The zero-order chi connectivity index (χ0) is 14.7. The maximum absolute atomic E-state index is 13.7. The highest BCUT2D eigenvalue weighted by atomic mass is 32.1. The van der Waals surface area contributed by atoms with Gasteiger partial charge in [-0.3, -0.25) is 4.79 Å². The third kappa shape index (κ3) is 3.07. The second-order valence-corrected chi connectivity index (χ2v) is 5.36. The molecule has 1 aromatic rings. The van der Waals surface area contributed by atoms with Crippen molar-refractivity contribution in [1.29, 1.82) is 0 Å². The highest BCUT2D eigenvalue weighted by molar-refractivity contribution is 7.80. The number of anilines is 1. The van der Waals surface area contributed by atoms with Crippen molar-refractivity contribution in [2.75, 3.05) is 31.1 Å². The number of benzene rings is 1. The summed E-state index contributed by atoms with van der Waals surface area (Å²) in [6, 6.07) is 6.68. The maximum atomic E-state index is 13.7. The lowest BCUT2D eigenvalue weighted by molar-refractivity contribution is -0.133. The third-order valence-corrected chi connectivity index (χ3v) is 3.94. The van der Waals surface area contributed by atoms with Crippen molar-refractivity contribution in [2.45, 2.75) is 6.92 Å². The van der Waals surface area contributed by atoms with Crippen molar-refractivity contribution < 1.29 is 9.18 Å². The van der Waals surface area contributed by atoms with Gasteiger partial charge in [0, 0.05) is 26.2 Å². The summed E-state index contributed by atoms with van der Waals surface area (Å²) in [5, 5.41) is 0. The number of hydrogen-bond donors (Lipinski definition) is 1. The molecule has 1 aliphatic heterocycles. The summed E-state index contributed by atoms with van der Waals surface area (Å²) in [7, 11) is 0. The van der Waals surface area contributed by atoms with Crippen LogP contribution >= 0.6 is 12.2 Å². The summed E-state index contributed by atoms with van der Waals surface area (Å²) in [5.41, 5.74) is 6.09. The Bertz CT molecular complexity index is 515. The van der Waals surface area contributed by atoms with Crippen LogP contribution in [0.1, 0.15) is 6.92 Å². The number of rotatable bonds is 3. The standard InChI is InChI=1S/C14H18FN3OS/c1-10(13(16)20)14(19)18-8-6-17(7-9-18)12-5-3-2-4-11(12)15/h2-5,10H,6-9H2,1H3,(H2,16,20). The minimum Gasteiger partial charge on any atom is -0.393 e. The molecule has 1 aromatic carbocycles. The number of nitrogens with two attached hydrogens (primary N) is 1. The fourth-order valence-electron chi connectivity index (χ4n) is 2.27. The van der Waals surface area contributed by atoms with Crippen molar-refractivity contribution in [3.05, 3.63) is 30.1 Å². The van der Waals surface area contributed by atoms with Crippen molar-refractivity contribution in [1.82, 2.24) is 4.90 Å². The van der Waals surface area contributed by atoms with E-state index in [1.807, 2.05) is 11.0 Å². The van der Waals surface area contributed by atoms with Crippen molar-refractivity contribution >= 4 is 28.8 Å². The Hall–Kier alpha value is -1.69. The van der Waals surface area contributed by atoms with Gasteiger partial charge in [0.05, 0.1) is 16.6 Å². The van der Waals surface area contributed by atoms with Gasteiger partial charge in [0.1, 0.15) is 5.82 Å². The molecule has 1 fully saturated rings. The molecular weight excluding hydrogens is 277 g/mol. The Morgan fingerprint density at radius 1 is 1.30 bits per heavy atom. The number of halogens is 1. The topological polar surface area (TPSA) is 49.6 Å². The van der Waals surface area contributed by atoms with Crippen LogP contribution in [0.4, 0.5) is 10.1 Å². The van der Waals surface area contributed by atoms with Gasteiger partial charge >= 0.3 is 0 Å². The van der Waals surface area contributed by atoms with Crippen LogP contribution < -0.4 is 10.6 Å². The molecule has 6 heteroatoms. The van der Waals surface area contributed by atoms with E-state index in [4.69, 9.17) is 18.0 Å². The van der Waals surface area contributed by atoms with Crippen LogP contribution in [-0.4, -0.2) is 42.0 Å². The van der Waals surface area contributed by atoms with Crippen LogP contribution in [0.5, 0.6) is 0 Å². The lowest BCUT2D eigenvalue weighted by Crippen LogP contribution is -2.51. The summed E-state index contributed by atoms with van der Waals surface area (Å²) in [6.45, 7) is 4.04. The molecule has 0 aliphatic carbocycles. The molecule has 1 saturated heterocycles. The molecule has 108 valence electrons. The summed E-state index contributed by atoms with van der Waals surface area (Å²) in [6.07, 6.45) is 0. The number of para-hydroxylation sites is 1. The van der Waals surface area contributed by atoms with Gasteiger partial charge in [-0.05, 0) is 19.1 Å². The van der Waals surface area contributed by atoms with Crippen LogP contribution in [0.3, 0.4) is 0 Å². The predicted octanol–water partition coefficient (Wildman–Crippen LogP) is 1.40. The molecule has 1 unspecified atom stereocenters. The van der Waals surface area contributed by atoms with E-state index in [-0.39, 0.29) is 16.7 Å². The largest absolute Gasteiger partial charge is 0.393 e. The lowest BCUT2D eigenvalue weighted by Gasteiger charge is -2.37. The fraction of sp³-hybridized carbons (Fsp3) is 0.429. The van der Waals surface area contributed by atoms with Gasteiger partial charge in [-0.2, -0.15) is 0 Å². The van der Waals surface area contributed by atoms with Crippen LogP contribution in [0.15, 0.2) is 24.3 Å². The Kier molecular flexibility index (Phi) is 4.54. The van der Waals surface area contributed by atoms with E-state index in [1.54, 1.807) is 24.0 Å². The highest BCUT2D eigenvalue weighted by Crippen LogP contribution is 2.20. The zero-order valence-corrected chi connectivity index (χ0v) is 12.2. The average Bonchev–Trinajstić information content (AvgIpc) is 2.46. The smallest absolute Gasteiger partial charge is 0.232 e. The first-order valence-corrected chi connectivity index (χ1v) is 6.99. The van der Waals surface area contributed by atoms with Crippen molar-refractivity contribution in [2.24, 2.45) is 11.7 Å². The SMILES string of the molecule is CC(C(=O)N1CCN(c2ccccc2F)CC1)C(N)=S. The minimum absolute atomic E-state index is 0.0503. The second-order valence-electron chi connectivity index (χ2n) is 4.89. The fourth-order valence-corrected chi connectivity index (χ4v) is 2.37. The minimum atomic E-state index is -0.440. The van der Waals surface area contributed by atoms with E-state index < -0.39 is 5.92 Å². The van der Waals surface area contributed by atoms with Gasteiger partial charge in [-0.1, -0.05) is 24.4 Å². The molecule has 0 radical (unpaired) electrons. The first-order valence-electron chi connectivity index (χ1n) is 6.58. The third-order valence-electron chi connectivity index (χ3n) is 3.58. The molecular formula is C14H18FN3OS. The number of carbonyl (C=O) groups is 1. The van der Waals surface area contributed by atoms with Crippen LogP contribution in [0.25, 0.3) is 0 Å². The first kappa shape index (κ1) is 14.7. The number of nitrogens with zero attached hydrogens (tertiary/aromatic N) is 2. The lowest BCUT2D eigenvalue weighted by atomic mass is 10.1. The van der Waals surface area contributed by atoms with Crippen LogP contribution in [0.2, 0.25) is 0 Å². The predicted molar refractivity (Wildman–Crippen MR) is 81.1 cm³/mol. The Morgan fingerprint density at radius 2 is 1.90 bits per heavy atom. The Balaban J connectivity index is 1.98. The average molecular weight is 295 g/mol. The molecule has 4 nitrogen and oxygen atoms in total. The number of amides is 1. The van der Waals surface area contributed by atoms with Gasteiger partial charge in [0.2, 0.25) is 5.91 Å². The number of hydrogen-bond acceptors (Lipinski definition) is 3. The molecule has 2 rings (SSSR count). The quantitative estimate of drug-likeness (QED) is 0.856. The van der Waals surface area contributed by atoms with Crippen molar-refractivity contribution in [3.8, 4) is 0 Å². The Labute approximate surface area is 123 Å². The van der Waals surface area contributed by atoms with Gasteiger partial charge in [0.25, 0.3) is 0 Å². The van der Waals surface area contributed by atoms with Crippen LogP contribution in [0, 0.1) is 11.7 Å². The zero-order valence-electron chi connectivity index (χ0n) is 11.4. The Morgan fingerprint density at radius 3 is 2.45 bits per heavy atom. The first-order chi connectivity index (χ1) is 9.50. The molecule has 20 heavy (non-hydrogen) atoms. The van der Waals surface area contributed by atoms with E-state index in [2.05, 4.69) is 0 Å². The molecule has 0 aromatic heterocycles. The molecule has 0 saturated carbocycles. The summed E-state index contributed by atoms with van der Waals surface area (Å²) in [4.78, 5) is 16.0. The van der Waals surface area contributed by atoms with Crippen molar-refractivity contribution in [3.63, 3.8) is 0 Å². The van der Waals surface area contributed by atoms with Gasteiger partial charge in [0.15, 0.2) is 0 Å². The number of piperazine rings is 1. The van der Waals surface area contributed by atoms with E-state index in [0.717, 1.165) is 0 Å². The number of thiocarbonyl (C=S) groups is 1. The maximum Gasteiger partial charge on any atom is 0.232 e. The molecule has 1 atom stereocenters. The molecule has 1 aliphatic rings. The summed E-state index contributed by atoms with van der Waals surface area (Å²) < 4.78 is 13.7. The van der Waals surface area contributed by atoms with Gasteiger partial charge < -0.3 is 15.5 Å². The van der Waals surface area contributed by atoms with Gasteiger partial charge in [-0.15, -0.1) is 0 Å². The van der Waals surface area contributed by atoms with E-state index in [1.165, 1.54) is 6.07 Å². The molecule has 0 bridgehead atoms. The number of carbonyl (C=O) groups excluding carboxylic acids is 1. The van der Waals surface area contributed by atoms with Crippen LogP contribution in [-0.2, 0) is 4.79 Å².